The Bertz CT molecular complexity index is 921. The van der Waals surface area contributed by atoms with E-state index in [1.807, 2.05) is 24.3 Å². The Labute approximate surface area is 198 Å². The zero-order valence-corrected chi connectivity index (χ0v) is 19.2. The standard InChI is InChI=1S/C25H31F3N4O2/c26-25(27,28)21-3-1-20(2-4-21)19-31-13-11-30(12-14-31)10-9-24(33)29-22-5-7-23(8-6-22)32-15-17-34-18-16-32/h1-8H,9-19H2,(H,29,33). The molecule has 2 saturated heterocycles. The Hall–Kier alpha value is -2.62. The van der Waals surface area contributed by atoms with Gasteiger partial charge in [0.05, 0.1) is 18.8 Å². The highest BCUT2D eigenvalue weighted by molar-refractivity contribution is 5.91. The van der Waals surface area contributed by atoms with Crippen LogP contribution < -0.4 is 10.2 Å². The van der Waals surface area contributed by atoms with Crippen molar-refractivity contribution in [3.8, 4) is 0 Å². The fourth-order valence-corrected chi connectivity index (χ4v) is 4.29. The van der Waals surface area contributed by atoms with Crippen molar-refractivity contribution in [2.24, 2.45) is 0 Å². The number of carbonyl (C=O) groups is 1. The summed E-state index contributed by atoms with van der Waals surface area (Å²) in [6.07, 6.45) is -3.88. The van der Waals surface area contributed by atoms with Crippen LogP contribution in [0.4, 0.5) is 24.5 Å². The first-order valence-electron chi connectivity index (χ1n) is 11.7. The molecular formula is C25H31F3N4O2. The number of hydrogen-bond acceptors (Lipinski definition) is 5. The monoisotopic (exact) mass is 476 g/mol. The summed E-state index contributed by atoms with van der Waals surface area (Å²) >= 11 is 0. The van der Waals surface area contributed by atoms with Crippen molar-refractivity contribution in [1.82, 2.24) is 9.80 Å². The van der Waals surface area contributed by atoms with E-state index >= 15 is 0 Å². The van der Waals surface area contributed by atoms with Crippen LogP contribution in [0.1, 0.15) is 17.5 Å². The number of carbonyl (C=O) groups excluding carboxylic acids is 1. The molecule has 1 N–H and O–H groups in total. The molecule has 0 aromatic heterocycles. The van der Waals surface area contributed by atoms with Crippen molar-refractivity contribution in [3.63, 3.8) is 0 Å². The van der Waals surface area contributed by atoms with Crippen LogP contribution in [0.5, 0.6) is 0 Å². The molecule has 9 heteroatoms. The molecule has 0 bridgehead atoms. The zero-order valence-electron chi connectivity index (χ0n) is 19.2. The lowest BCUT2D eigenvalue weighted by Crippen LogP contribution is -2.46. The van der Waals surface area contributed by atoms with Gasteiger partial charge in [0.15, 0.2) is 0 Å². The van der Waals surface area contributed by atoms with Crippen LogP contribution in [-0.2, 0) is 22.3 Å². The fourth-order valence-electron chi connectivity index (χ4n) is 4.29. The second-order valence-corrected chi connectivity index (χ2v) is 8.76. The first-order chi connectivity index (χ1) is 16.4. The molecule has 2 heterocycles. The van der Waals surface area contributed by atoms with Gasteiger partial charge < -0.3 is 19.9 Å². The number of piperazine rings is 1. The molecular weight excluding hydrogens is 445 g/mol. The summed E-state index contributed by atoms with van der Waals surface area (Å²) in [7, 11) is 0. The van der Waals surface area contributed by atoms with E-state index < -0.39 is 11.7 Å². The second kappa shape index (κ2) is 11.2. The average molecular weight is 477 g/mol. The zero-order chi connectivity index (χ0) is 24.0. The Morgan fingerprint density at radius 2 is 1.47 bits per heavy atom. The van der Waals surface area contributed by atoms with E-state index in [1.165, 1.54) is 0 Å². The molecule has 1 amide bonds. The predicted octanol–water partition coefficient (Wildman–Crippen LogP) is 3.69. The number of morpholine rings is 1. The number of halogens is 3. The molecule has 184 valence electrons. The summed E-state index contributed by atoms with van der Waals surface area (Å²) < 4.78 is 43.5. The van der Waals surface area contributed by atoms with Gasteiger partial charge in [-0.15, -0.1) is 0 Å². The van der Waals surface area contributed by atoms with Crippen LogP contribution in [0.25, 0.3) is 0 Å². The maximum absolute atomic E-state index is 12.7. The second-order valence-electron chi connectivity index (χ2n) is 8.76. The molecule has 0 saturated carbocycles. The average Bonchev–Trinajstić information content (AvgIpc) is 2.84. The molecule has 2 aromatic rings. The lowest BCUT2D eigenvalue weighted by atomic mass is 10.1. The van der Waals surface area contributed by atoms with Crippen LogP contribution in [0.15, 0.2) is 48.5 Å². The van der Waals surface area contributed by atoms with Crippen molar-refractivity contribution in [2.75, 3.05) is 69.2 Å². The third-order valence-electron chi connectivity index (χ3n) is 6.33. The van der Waals surface area contributed by atoms with Crippen LogP contribution >= 0.6 is 0 Å². The van der Waals surface area contributed by atoms with Crippen molar-refractivity contribution in [1.29, 1.82) is 0 Å². The minimum absolute atomic E-state index is 0.00805. The molecule has 0 spiro atoms. The summed E-state index contributed by atoms with van der Waals surface area (Å²) in [6.45, 7) is 7.87. The van der Waals surface area contributed by atoms with Gasteiger partial charge in [-0.2, -0.15) is 13.2 Å². The number of ether oxygens (including phenoxy) is 1. The molecule has 4 rings (SSSR count). The number of hydrogen-bond donors (Lipinski definition) is 1. The van der Waals surface area contributed by atoms with E-state index in [0.29, 0.717) is 19.5 Å². The van der Waals surface area contributed by atoms with E-state index in [1.54, 1.807) is 12.1 Å². The largest absolute Gasteiger partial charge is 0.416 e. The first-order valence-corrected chi connectivity index (χ1v) is 11.7. The number of nitrogens with one attached hydrogen (secondary N) is 1. The lowest BCUT2D eigenvalue weighted by molar-refractivity contribution is -0.137. The maximum atomic E-state index is 12.7. The Balaban J connectivity index is 1.15. The minimum atomic E-state index is -4.30. The van der Waals surface area contributed by atoms with Gasteiger partial charge in [0.25, 0.3) is 0 Å². The topological polar surface area (TPSA) is 48.1 Å². The summed E-state index contributed by atoms with van der Waals surface area (Å²) in [4.78, 5) is 19.1. The predicted molar refractivity (Wildman–Crippen MR) is 126 cm³/mol. The molecule has 2 fully saturated rings. The summed E-state index contributed by atoms with van der Waals surface area (Å²) in [6, 6.07) is 13.3. The van der Waals surface area contributed by atoms with Crippen molar-refractivity contribution in [2.45, 2.75) is 19.1 Å². The van der Waals surface area contributed by atoms with Crippen LogP contribution in [-0.4, -0.2) is 74.7 Å². The normalized spacial score (nSPS) is 18.1. The number of alkyl halides is 3. The highest BCUT2D eigenvalue weighted by Crippen LogP contribution is 2.29. The smallest absolute Gasteiger partial charge is 0.378 e. The minimum Gasteiger partial charge on any atom is -0.378 e. The summed E-state index contributed by atoms with van der Waals surface area (Å²) in [5, 5.41) is 2.97. The number of nitrogens with zero attached hydrogens (tertiary/aromatic N) is 3. The first kappa shape index (κ1) is 24.5. The van der Waals surface area contributed by atoms with E-state index in [2.05, 4.69) is 20.0 Å². The summed E-state index contributed by atoms with van der Waals surface area (Å²) in [5.41, 5.74) is 2.19. The Morgan fingerprint density at radius 1 is 0.853 bits per heavy atom. The molecule has 34 heavy (non-hydrogen) atoms. The summed E-state index contributed by atoms with van der Waals surface area (Å²) in [5.74, 6) is -0.00805. The van der Waals surface area contributed by atoms with Gasteiger partial charge in [0.2, 0.25) is 5.91 Å². The lowest BCUT2D eigenvalue weighted by Gasteiger charge is -2.34. The van der Waals surface area contributed by atoms with Gasteiger partial charge in [-0.1, -0.05) is 12.1 Å². The van der Waals surface area contributed by atoms with Gasteiger partial charge >= 0.3 is 6.18 Å². The molecule has 2 aliphatic rings. The molecule has 2 aliphatic heterocycles. The van der Waals surface area contributed by atoms with Gasteiger partial charge in [-0.3, -0.25) is 9.69 Å². The van der Waals surface area contributed by atoms with Crippen LogP contribution in [0.2, 0.25) is 0 Å². The van der Waals surface area contributed by atoms with E-state index in [9.17, 15) is 18.0 Å². The van der Waals surface area contributed by atoms with Crippen LogP contribution in [0, 0.1) is 0 Å². The molecule has 0 aliphatic carbocycles. The highest BCUT2D eigenvalue weighted by Gasteiger charge is 2.30. The van der Waals surface area contributed by atoms with Crippen molar-refractivity contribution >= 4 is 17.3 Å². The SMILES string of the molecule is O=C(CCN1CCN(Cc2ccc(C(F)(F)F)cc2)CC1)Nc1ccc(N2CCOCC2)cc1. The third-order valence-corrected chi connectivity index (χ3v) is 6.33. The van der Waals surface area contributed by atoms with E-state index in [4.69, 9.17) is 4.74 Å². The molecule has 2 aromatic carbocycles. The highest BCUT2D eigenvalue weighted by atomic mass is 19.4. The van der Waals surface area contributed by atoms with Gasteiger partial charge in [0, 0.05) is 70.2 Å². The molecule has 0 radical (unpaired) electrons. The van der Waals surface area contributed by atoms with Gasteiger partial charge in [-0.25, -0.2) is 0 Å². The number of benzene rings is 2. The van der Waals surface area contributed by atoms with Crippen molar-refractivity contribution < 1.29 is 22.7 Å². The number of rotatable bonds is 7. The van der Waals surface area contributed by atoms with Gasteiger partial charge in [0.1, 0.15) is 0 Å². The Kier molecular flexibility index (Phi) is 8.07. The maximum Gasteiger partial charge on any atom is 0.416 e. The molecule has 0 atom stereocenters. The molecule has 6 nitrogen and oxygen atoms in total. The number of amides is 1. The van der Waals surface area contributed by atoms with E-state index in [-0.39, 0.29) is 5.91 Å². The van der Waals surface area contributed by atoms with E-state index in [0.717, 1.165) is 81.6 Å². The quantitative estimate of drug-likeness (QED) is 0.661. The van der Waals surface area contributed by atoms with Crippen molar-refractivity contribution in [3.05, 3.63) is 59.7 Å². The number of anilines is 2. The third kappa shape index (κ3) is 6.94. The fraction of sp³-hybridized carbons (Fsp3) is 0.480. The van der Waals surface area contributed by atoms with Gasteiger partial charge in [-0.05, 0) is 42.0 Å². The molecule has 0 unspecified atom stereocenters. The Morgan fingerprint density at radius 3 is 2.09 bits per heavy atom. The van der Waals surface area contributed by atoms with Crippen LogP contribution in [0.3, 0.4) is 0 Å².